The predicted octanol–water partition coefficient (Wildman–Crippen LogP) is 2.35. The molecule has 1 aromatic carbocycles. The molecule has 0 saturated heterocycles. The second-order valence-corrected chi connectivity index (χ2v) is 6.76. The van der Waals surface area contributed by atoms with Crippen molar-refractivity contribution in [1.29, 1.82) is 0 Å². The highest BCUT2D eigenvalue weighted by Gasteiger charge is 2.43. The number of rotatable bonds is 3. The van der Waals surface area contributed by atoms with Crippen molar-refractivity contribution in [3.05, 3.63) is 23.8 Å². The average molecular weight is 308 g/mol. The first-order valence-electron chi connectivity index (χ1n) is 7.28. The molecule has 0 aliphatic heterocycles. The molecule has 1 amide bonds. The van der Waals surface area contributed by atoms with Crippen molar-refractivity contribution in [2.75, 3.05) is 12.4 Å². The third-order valence-corrected chi connectivity index (χ3v) is 3.58. The fraction of sp³-hybridized carbons (Fsp3) is 0.562. The van der Waals surface area contributed by atoms with Gasteiger partial charge in [-0.15, -0.1) is 0 Å². The number of hydrogen-bond donors (Lipinski definition) is 3. The molecular formula is C16H24N2O4. The molecule has 0 radical (unpaired) electrons. The molecule has 122 valence electrons. The Bertz CT molecular complexity index is 560. The number of anilines is 1. The lowest BCUT2D eigenvalue weighted by molar-refractivity contribution is 0.0198. The maximum atomic E-state index is 11.8. The van der Waals surface area contributed by atoms with E-state index >= 15 is 0 Å². The highest BCUT2D eigenvalue weighted by molar-refractivity contribution is 5.85. The van der Waals surface area contributed by atoms with Gasteiger partial charge < -0.3 is 20.3 Å². The van der Waals surface area contributed by atoms with Gasteiger partial charge in [0.2, 0.25) is 0 Å². The quantitative estimate of drug-likeness (QED) is 0.797. The molecule has 0 unspecified atom stereocenters. The third kappa shape index (κ3) is 3.69. The number of amides is 1. The summed E-state index contributed by atoms with van der Waals surface area (Å²) < 4.78 is 10.6. The molecule has 1 aromatic rings. The second kappa shape index (κ2) is 5.78. The minimum Gasteiger partial charge on any atom is -0.496 e. The van der Waals surface area contributed by atoms with E-state index in [1.54, 1.807) is 46.1 Å². The van der Waals surface area contributed by atoms with Crippen LogP contribution in [0.4, 0.5) is 10.5 Å². The molecule has 6 heteroatoms. The first kappa shape index (κ1) is 16.6. The smallest absolute Gasteiger partial charge is 0.412 e. The molecule has 0 aromatic heterocycles. The molecule has 0 heterocycles. The molecule has 1 aliphatic carbocycles. The van der Waals surface area contributed by atoms with Gasteiger partial charge in [-0.25, -0.2) is 4.79 Å². The van der Waals surface area contributed by atoms with Crippen LogP contribution in [-0.2, 0) is 10.3 Å². The standard InChI is InChI=1S/C16H24N2O4/c1-15(2,3)22-14(20)18-10-5-6-13(21-4)12(7-10)16(17)8-11(19)9-16/h5-7,11,19H,8-9,17H2,1-4H3,(H,18,20). The number of benzene rings is 1. The van der Waals surface area contributed by atoms with Gasteiger partial charge in [0, 0.05) is 16.8 Å². The monoisotopic (exact) mass is 308 g/mol. The largest absolute Gasteiger partial charge is 0.496 e. The van der Waals surface area contributed by atoms with Crippen molar-refractivity contribution in [3.63, 3.8) is 0 Å². The van der Waals surface area contributed by atoms with Gasteiger partial charge in [-0.1, -0.05) is 0 Å². The number of hydrogen-bond acceptors (Lipinski definition) is 5. The summed E-state index contributed by atoms with van der Waals surface area (Å²) in [6, 6.07) is 5.25. The number of carbonyl (C=O) groups is 1. The van der Waals surface area contributed by atoms with Crippen molar-refractivity contribution in [1.82, 2.24) is 0 Å². The van der Waals surface area contributed by atoms with Crippen LogP contribution in [0.3, 0.4) is 0 Å². The highest BCUT2D eigenvalue weighted by Crippen LogP contribution is 2.43. The molecule has 0 bridgehead atoms. The lowest BCUT2D eigenvalue weighted by atomic mass is 9.70. The second-order valence-electron chi connectivity index (χ2n) is 6.76. The summed E-state index contributed by atoms with van der Waals surface area (Å²) in [5.41, 5.74) is 6.47. The normalized spacial score (nSPS) is 24.4. The summed E-state index contributed by atoms with van der Waals surface area (Å²) in [5.74, 6) is 0.643. The van der Waals surface area contributed by atoms with Crippen molar-refractivity contribution >= 4 is 11.8 Å². The van der Waals surface area contributed by atoms with Gasteiger partial charge in [-0.05, 0) is 51.8 Å². The summed E-state index contributed by atoms with van der Waals surface area (Å²) in [6.07, 6.45) is 0.0268. The Hall–Kier alpha value is -1.79. The lowest BCUT2D eigenvalue weighted by Crippen LogP contribution is -2.51. The maximum absolute atomic E-state index is 11.8. The maximum Gasteiger partial charge on any atom is 0.412 e. The van der Waals surface area contributed by atoms with Crippen LogP contribution in [0, 0.1) is 0 Å². The fourth-order valence-corrected chi connectivity index (χ4v) is 2.60. The van der Waals surface area contributed by atoms with Gasteiger partial charge >= 0.3 is 6.09 Å². The van der Waals surface area contributed by atoms with E-state index < -0.39 is 23.3 Å². The van der Waals surface area contributed by atoms with E-state index in [0.717, 1.165) is 5.56 Å². The summed E-state index contributed by atoms with van der Waals surface area (Å²) in [5, 5.41) is 12.2. The minimum absolute atomic E-state index is 0.392. The van der Waals surface area contributed by atoms with Gasteiger partial charge in [0.15, 0.2) is 0 Å². The molecule has 4 N–H and O–H groups in total. The molecule has 0 atom stereocenters. The summed E-state index contributed by atoms with van der Waals surface area (Å²) in [4.78, 5) is 11.8. The van der Waals surface area contributed by atoms with Crippen LogP contribution in [0.15, 0.2) is 18.2 Å². The number of methoxy groups -OCH3 is 1. The van der Waals surface area contributed by atoms with E-state index in [4.69, 9.17) is 15.2 Å². The first-order valence-corrected chi connectivity index (χ1v) is 7.28. The van der Waals surface area contributed by atoms with E-state index in [1.165, 1.54) is 0 Å². The van der Waals surface area contributed by atoms with Crippen LogP contribution in [0.5, 0.6) is 5.75 Å². The van der Waals surface area contributed by atoms with E-state index in [2.05, 4.69) is 5.32 Å². The topological polar surface area (TPSA) is 93.8 Å². The van der Waals surface area contributed by atoms with E-state index in [9.17, 15) is 9.90 Å². The third-order valence-electron chi connectivity index (χ3n) is 3.58. The first-order chi connectivity index (χ1) is 10.1. The number of ether oxygens (including phenoxy) is 2. The number of aliphatic hydroxyl groups excluding tert-OH is 1. The molecule has 2 rings (SSSR count). The van der Waals surface area contributed by atoms with Gasteiger partial charge in [0.25, 0.3) is 0 Å². The molecule has 6 nitrogen and oxygen atoms in total. The van der Waals surface area contributed by atoms with Crippen LogP contribution in [-0.4, -0.2) is 30.0 Å². The van der Waals surface area contributed by atoms with Gasteiger partial charge in [0.05, 0.1) is 13.2 Å². The van der Waals surface area contributed by atoms with Crippen LogP contribution in [0.25, 0.3) is 0 Å². The van der Waals surface area contributed by atoms with Crippen molar-refractivity contribution < 1.29 is 19.4 Å². The van der Waals surface area contributed by atoms with Crippen LogP contribution in [0.1, 0.15) is 39.2 Å². The molecular weight excluding hydrogens is 284 g/mol. The zero-order valence-corrected chi connectivity index (χ0v) is 13.5. The molecule has 0 spiro atoms. The predicted molar refractivity (Wildman–Crippen MR) is 84.0 cm³/mol. The molecule has 22 heavy (non-hydrogen) atoms. The lowest BCUT2D eigenvalue weighted by Gasteiger charge is -2.43. The summed E-state index contributed by atoms with van der Waals surface area (Å²) in [6.45, 7) is 5.41. The Labute approximate surface area is 130 Å². The van der Waals surface area contributed by atoms with E-state index in [0.29, 0.717) is 24.3 Å². The Balaban J connectivity index is 2.19. The van der Waals surface area contributed by atoms with Gasteiger partial charge in [-0.3, -0.25) is 5.32 Å². The van der Waals surface area contributed by atoms with Crippen LogP contribution in [0.2, 0.25) is 0 Å². The molecule has 1 aliphatic rings. The Morgan fingerprint density at radius 3 is 2.55 bits per heavy atom. The van der Waals surface area contributed by atoms with Crippen LogP contribution < -0.4 is 15.8 Å². The average Bonchev–Trinajstić information content (AvgIpc) is 2.34. The Morgan fingerprint density at radius 2 is 2.05 bits per heavy atom. The number of aliphatic hydroxyl groups is 1. The van der Waals surface area contributed by atoms with E-state index in [1.807, 2.05) is 0 Å². The van der Waals surface area contributed by atoms with Gasteiger partial charge in [0.1, 0.15) is 11.4 Å². The van der Waals surface area contributed by atoms with Crippen molar-refractivity contribution in [3.8, 4) is 5.75 Å². The summed E-state index contributed by atoms with van der Waals surface area (Å²) >= 11 is 0. The fourth-order valence-electron chi connectivity index (χ4n) is 2.60. The van der Waals surface area contributed by atoms with Crippen LogP contribution >= 0.6 is 0 Å². The number of nitrogens with one attached hydrogen (secondary N) is 1. The summed E-state index contributed by atoms with van der Waals surface area (Å²) in [7, 11) is 1.57. The zero-order chi connectivity index (χ0) is 16.5. The highest BCUT2D eigenvalue weighted by atomic mass is 16.6. The van der Waals surface area contributed by atoms with Gasteiger partial charge in [-0.2, -0.15) is 0 Å². The van der Waals surface area contributed by atoms with E-state index in [-0.39, 0.29) is 0 Å². The molecule has 1 fully saturated rings. The SMILES string of the molecule is COc1ccc(NC(=O)OC(C)(C)C)cc1C1(N)CC(O)C1. The Morgan fingerprint density at radius 1 is 1.41 bits per heavy atom. The Kier molecular flexibility index (Phi) is 4.35. The number of nitrogens with two attached hydrogens (primary N) is 1. The minimum atomic E-state index is -0.629. The van der Waals surface area contributed by atoms with Crippen molar-refractivity contribution in [2.45, 2.75) is 50.9 Å². The number of carbonyl (C=O) groups excluding carboxylic acids is 1. The molecule has 1 saturated carbocycles. The zero-order valence-electron chi connectivity index (χ0n) is 13.5. The van der Waals surface area contributed by atoms with Crippen molar-refractivity contribution in [2.24, 2.45) is 5.73 Å².